The van der Waals surface area contributed by atoms with Gasteiger partial charge >= 0.3 is 5.97 Å². The van der Waals surface area contributed by atoms with Crippen LogP contribution in [-0.2, 0) is 23.8 Å². The quantitative estimate of drug-likeness (QED) is 0.0149. The Hall–Kier alpha value is -3.94. The van der Waals surface area contributed by atoms with E-state index >= 15 is 0 Å². The lowest BCUT2D eigenvalue weighted by Crippen LogP contribution is -2.61. The second kappa shape index (κ2) is 57.5. The minimum Gasteiger partial charge on any atom is -0.454 e. The van der Waals surface area contributed by atoms with Crippen molar-refractivity contribution in [3.05, 3.63) is 122 Å². The second-order valence-corrected chi connectivity index (χ2v) is 22.2. The number of allylic oxidation sites excluding steroid dienone is 19. The molecule has 1 saturated heterocycles. The highest BCUT2D eigenvalue weighted by Gasteiger charge is 2.47. The van der Waals surface area contributed by atoms with E-state index in [1.807, 2.05) is 42.5 Å². The topological polar surface area (TPSA) is 175 Å². The van der Waals surface area contributed by atoms with Gasteiger partial charge in [-0.05, 0) is 89.9 Å². The minimum atomic E-state index is -1.63. The third-order valence-electron chi connectivity index (χ3n) is 14.7. The maximum Gasteiger partial charge on any atom is 0.306 e. The van der Waals surface area contributed by atoms with Crippen LogP contribution in [0, 0.1) is 0 Å². The first-order chi connectivity index (χ1) is 40.2. The van der Waals surface area contributed by atoms with Gasteiger partial charge < -0.3 is 45.1 Å². The number of amides is 1. The molecule has 0 aliphatic carbocycles. The zero-order valence-electron chi connectivity index (χ0n) is 51.8. The van der Waals surface area contributed by atoms with E-state index in [0.29, 0.717) is 12.8 Å². The molecule has 0 saturated carbocycles. The van der Waals surface area contributed by atoms with Crippen LogP contribution in [0.15, 0.2) is 122 Å². The normalized spacial score (nSPS) is 19.4. The maximum absolute atomic E-state index is 13.4. The smallest absolute Gasteiger partial charge is 0.306 e. The highest BCUT2D eigenvalue weighted by molar-refractivity contribution is 5.80. The average molecular weight is 1150 g/mol. The Labute approximate surface area is 500 Å². The summed E-state index contributed by atoms with van der Waals surface area (Å²) in [5.74, 6) is -1.23. The number of hydrogen-bond donors (Lipinski definition) is 6. The van der Waals surface area contributed by atoms with Crippen LogP contribution in [0.4, 0.5) is 0 Å². The SMILES string of the molecule is CC/C=C\C/C=C\C/C=C\C/C=C\C/C=C\CCCCCCCCCCCCCC(=O)OC1C(OCC(NC(=O)C(O)CCCCCC\C=C/C=C/C=C/C=C/CC)C(O)/C=C/CCCCCCCCCCCC)OC(CO)C(O)C1O. The van der Waals surface area contributed by atoms with E-state index < -0.39 is 67.4 Å². The van der Waals surface area contributed by atoms with Gasteiger partial charge in [0.05, 0.1) is 25.4 Å². The number of esters is 1. The molecule has 11 heteroatoms. The lowest BCUT2D eigenvalue weighted by molar-refractivity contribution is -0.305. The van der Waals surface area contributed by atoms with Gasteiger partial charge in [-0.3, -0.25) is 9.59 Å². The third kappa shape index (κ3) is 44.6. The Morgan fingerprint density at radius 1 is 0.500 bits per heavy atom. The molecule has 0 aromatic heterocycles. The van der Waals surface area contributed by atoms with Gasteiger partial charge in [-0.2, -0.15) is 0 Å². The standard InChI is InChI=1S/C71H119NO10/c1-4-7-10-13-16-19-22-25-27-28-29-30-31-32-33-34-35-36-37-38-39-41-44-47-50-53-56-59-66(76)82-69-68(78)67(77)65(60-73)81-71(69)80-61-62(63(74)57-54-51-48-45-42-24-21-18-15-12-9-6-3)72-70(79)64(75)58-55-52-49-46-43-40-26-23-20-17-14-11-8-5-2/h7-8,10-11,14,16-17,19-20,23,25-27,29-30,32-33,40,54,57,62-65,67-69,71,73-75,77-78H,4-6,9,12-13,15,18,21-22,24,28,31,34-39,41-53,55-56,58-61H2,1-3H3,(H,72,79)/b10-7-,11-8+,17-14+,19-16-,23-20+,27-25-,30-29-,33-32-,40-26-,57-54+. The van der Waals surface area contributed by atoms with Crippen LogP contribution in [0.5, 0.6) is 0 Å². The monoisotopic (exact) mass is 1150 g/mol. The fourth-order valence-electron chi connectivity index (χ4n) is 9.57. The van der Waals surface area contributed by atoms with Crippen LogP contribution >= 0.6 is 0 Å². The number of ether oxygens (including phenoxy) is 3. The van der Waals surface area contributed by atoms with Gasteiger partial charge in [-0.25, -0.2) is 0 Å². The zero-order valence-corrected chi connectivity index (χ0v) is 51.8. The van der Waals surface area contributed by atoms with E-state index in [4.69, 9.17) is 14.2 Å². The van der Waals surface area contributed by atoms with E-state index in [-0.39, 0.29) is 19.4 Å². The molecular formula is C71H119NO10. The predicted octanol–water partition coefficient (Wildman–Crippen LogP) is 16.2. The van der Waals surface area contributed by atoms with Gasteiger partial charge in [0, 0.05) is 6.42 Å². The van der Waals surface area contributed by atoms with Gasteiger partial charge in [0.15, 0.2) is 12.4 Å². The van der Waals surface area contributed by atoms with Crippen LogP contribution in [0.2, 0.25) is 0 Å². The summed E-state index contributed by atoms with van der Waals surface area (Å²) in [6, 6.07) is -1.04. The summed E-state index contributed by atoms with van der Waals surface area (Å²) < 4.78 is 17.6. The Balaban J connectivity index is 2.59. The van der Waals surface area contributed by atoms with Crippen molar-refractivity contribution in [2.24, 2.45) is 0 Å². The van der Waals surface area contributed by atoms with Crippen molar-refractivity contribution in [2.75, 3.05) is 13.2 Å². The second-order valence-electron chi connectivity index (χ2n) is 22.2. The molecule has 0 aromatic carbocycles. The first-order valence-electron chi connectivity index (χ1n) is 32.9. The average Bonchev–Trinajstić information content (AvgIpc) is 3.48. The molecule has 8 atom stereocenters. The molecule has 82 heavy (non-hydrogen) atoms. The van der Waals surface area contributed by atoms with Crippen LogP contribution < -0.4 is 5.32 Å². The summed E-state index contributed by atoms with van der Waals surface area (Å²) >= 11 is 0. The number of aliphatic hydroxyl groups is 5. The molecule has 1 heterocycles. The van der Waals surface area contributed by atoms with Crippen LogP contribution in [-0.4, -0.2) is 99.6 Å². The summed E-state index contributed by atoms with van der Waals surface area (Å²) in [7, 11) is 0. The van der Waals surface area contributed by atoms with Crippen molar-refractivity contribution in [2.45, 2.75) is 301 Å². The summed E-state index contributed by atoms with van der Waals surface area (Å²) in [5, 5.41) is 57.0. The maximum atomic E-state index is 13.4. The van der Waals surface area contributed by atoms with Crippen LogP contribution in [0.25, 0.3) is 0 Å². The number of aliphatic hydroxyl groups excluding tert-OH is 5. The van der Waals surface area contributed by atoms with Gasteiger partial charge in [0.1, 0.15) is 24.4 Å². The molecule has 0 radical (unpaired) electrons. The Morgan fingerprint density at radius 3 is 1.46 bits per heavy atom. The Morgan fingerprint density at radius 2 is 0.939 bits per heavy atom. The molecule has 11 nitrogen and oxygen atoms in total. The molecule has 8 unspecified atom stereocenters. The fraction of sp³-hybridized carbons (Fsp3) is 0.690. The molecule has 0 bridgehead atoms. The van der Waals surface area contributed by atoms with E-state index in [1.54, 1.807) is 6.08 Å². The number of hydrogen-bond acceptors (Lipinski definition) is 10. The summed E-state index contributed by atoms with van der Waals surface area (Å²) in [5.41, 5.74) is 0. The summed E-state index contributed by atoms with van der Waals surface area (Å²) in [6.45, 7) is 5.51. The van der Waals surface area contributed by atoms with Gasteiger partial charge in [0.2, 0.25) is 5.91 Å². The van der Waals surface area contributed by atoms with E-state index in [9.17, 15) is 35.1 Å². The number of carbonyl (C=O) groups is 2. The number of carbonyl (C=O) groups excluding carboxylic acids is 2. The lowest BCUT2D eigenvalue weighted by atomic mass is 9.99. The molecule has 1 fully saturated rings. The minimum absolute atomic E-state index is 0.110. The molecule has 1 amide bonds. The highest BCUT2D eigenvalue weighted by Crippen LogP contribution is 2.26. The molecule has 6 N–H and O–H groups in total. The molecule has 0 aromatic rings. The highest BCUT2D eigenvalue weighted by atomic mass is 16.7. The predicted molar refractivity (Wildman–Crippen MR) is 342 cm³/mol. The van der Waals surface area contributed by atoms with Crippen molar-refractivity contribution < 1.29 is 49.3 Å². The lowest BCUT2D eigenvalue weighted by Gasteiger charge is -2.41. The molecule has 1 rings (SSSR count). The van der Waals surface area contributed by atoms with Crippen molar-refractivity contribution in [1.82, 2.24) is 5.32 Å². The Bertz CT molecular complexity index is 1800. The summed E-state index contributed by atoms with van der Waals surface area (Å²) in [4.78, 5) is 26.6. The molecule has 1 aliphatic heterocycles. The van der Waals surface area contributed by atoms with Crippen molar-refractivity contribution in [3.8, 4) is 0 Å². The van der Waals surface area contributed by atoms with Crippen LogP contribution in [0.3, 0.4) is 0 Å². The van der Waals surface area contributed by atoms with Crippen molar-refractivity contribution >= 4 is 11.9 Å². The molecule has 0 spiro atoms. The fourth-order valence-corrected chi connectivity index (χ4v) is 9.57. The molecule has 1 aliphatic rings. The first kappa shape index (κ1) is 76.1. The van der Waals surface area contributed by atoms with Gasteiger partial charge in [0.25, 0.3) is 0 Å². The van der Waals surface area contributed by atoms with Gasteiger partial charge in [-0.15, -0.1) is 0 Å². The van der Waals surface area contributed by atoms with E-state index in [1.165, 1.54) is 83.5 Å². The largest absolute Gasteiger partial charge is 0.454 e. The van der Waals surface area contributed by atoms with E-state index in [0.717, 1.165) is 122 Å². The first-order valence-corrected chi connectivity index (χ1v) is 32.9. The Kier molecular flexibility index (Phi) is 53.3. The van der Waals surface area contributed by atoms with Crippen LogP contribution in [0.1, 0.15) is 252 Å². The number of nitrogens with one attached hydrogen (secondary N) is 1. The third-order valence-corrected chi connectivity index (χ3v) is 14.7. The van der Waals surface area contributed by atoms with E-state index in [2.05, 4.69) is 99.0 Å². The van der Waals surface area contributed by atoms with Crippen molar-refractivity contribution in [3.63, 3.8) is 0 Å². The molecular weight excluding hydrogens is 1030 g/mol. The molecule has 468 valence electrons. The number of rotatable bonds is 54. The number of unbranched alkanes of at least 4 members (excludes halogenated alkanes) is 25. The summed E-state index contributed by atoms with van der Waals surface area (Å²) in [6.07, 6.45) is 69.5. The van der Waals surface area contributed by atoms with Gasteiger partial charge in [-0.1, -0.05) is 277 Å². The zero-order chi connectivity index (χ0) is 59.6. The van der Waals surface area contributed by atoms with Crippen molar-refractivity contribution in [1.29, 1.82) is 0 Å².